The lowest BCUT2D eigenvalue weighted by molar-refractivity contribution is -0.311. The first-order valence-corrected chi connectivity index (χ1v) is 14.5. The molecule has 0 spiro atoms. The Morgan fingerprint density at radius 2 is 1.76 bits per heavy atom. The van der Waals surface area contributed by atoms with Crippen molar-refractivity contribution in [3.05, 3.63) is 11.6 Å². The van der Waals surface area contributed by atoms with Crippen LogP contribution in [0.2, 0.25) is 0 Å². The fourth-order valence-electron chi connectivity index (χ4n) is 9.91. The smallest absolute Gasteiger partial charge is 0.331 e. The predicted octanol–water partition coefficient (Wildman–Crippen LogP) is 1.43. The van der Waals surface area contributed by atoms with Crippen molar-refractivity contribution in [3.8, 4) is 0 Å². The van der Waals surface area contributed by atoms with Crippen LogP contribution in [0.1, 0.15) is 72.1 Å². The lowest BCUT2D eigenvalue weighted by atomic mass is 9.42. The molecule has 214 valence electrons. The number of cyclic esters (lactones) is 1. The molecule has 6 aliphatic rings. The number of fused-ring (bicyclic) bond motifs is 5. The van der Waals surface area contributed by atoms with Crippen molar-refractivity contribution in [2.24, 2.45) is 34.5 Å². The fourth-order valence-corrected chi connectivity index (χ4v) is 9.91. The number of carbonyl (C=O) groups is 1. The average Bonchev–Trinajstić information content (AvgIpc) is 3.41. The molecule has 6 rings (SSSR count). The summed E-state index contributed by atoms with van der Waals surface area (Å²) in [6.07, 6.45) is 1.49. The summed E-state index contributed by atoms with van der Waals surface area (Å²) in [6, 6.07) is 0. The minimum atomic E-state index is -1.32. The van der Waals surface area contributed by atoms with Gasteiger partial charge in [-0.15, -0.1) is 0 Å². The molecular formula is C29H44O9. The second-order valence-electron chi connectivity index (χ2n) is 13.7. The maximum atomic E-state index is 12.4. The molecule has 5 fully saturated rings. The minimum absolute atomic E-state index is 0.0143. The Bertz CT molecular complexity index is 985. The largest absolute Gasteiger partial charge is 0.458 e. The quantitative estimate of drug-likeness (QED) is 0.267. The van der Waals surface area contributed by atoms with Crippen molar-refractivity contribution in [2.45, 2.75) is 121 Å². The lowest BCUT2D eigenvalue weighted by Gasteiger charge is -2.65. The molecule has 0 radical (unpaired) electrons. The van der Waals surface area contributed by atoms with Crippen LogP contribution in [0.4, 0.5) is 0 Å². The molecule has 0 aromatic heterocycles. The highest BCUT2D eigenvalue weighted by Crippen LogP contribution is 2.70. The Hall–Kier alpha value is -1.07. The van der Waals surface area contributed by atoms with Crippen LogP contribution >= 0.6 is 0 Å². The number of hydrogen-bond acceptors (Lipinski definition) is 9. The Labute approximate surface area is 224 Å². The van der Waals surface area contributed by atoms with E-state index in [-0.39, 0.29) is 41.8 Å². The van der Waals surface area contributed by atoms with Crippen molar-refractivity contribution in [3.63, 3.8) is 0 Å². The normalized spacial score (nSPS) is 56.5. The highest BCUT2D eigenvalue weighted by atomic mass is 16.7. The van der Waals surface area contributed by atoms with Gasteiger partial charge in [-0.05, 0) is 93.0 Å². The molecule has 2 heterocycles. The van der Waals surface area contributed by atoms with Crippen LogP contribution < -0.4 is 0 Å². The first-order chi connectivity index (χ1) is 17.9. The van der Waals surface area contributed by atoms with Gasteiger partial charge < -0.3 is 39.7 Å². The van der Waals surface area contributed by atoms with Gasteiger partial charge in [-0.3, -0.25) is 0 Å². The van der Waals surface area contributed by atoms with Crippen LogP contribution in [-0.2, 0) is 19.0 Å². The van der Waals surface area contributed by atoms with Crippen molar-refractivity contribution in [1.82, 2.24) is 0 Å². The molecule has 0 amide bonds. The molecule has 9 heteroatoms. The third kappa shape index (κ3) is 3.80. The summed E-state index contributed by atoms with van der Waals surface area (Å²) in [6.45, 7) is 6.32. The van der Waals surface area contributed by atoms with Gasteiger partial charge in [0.25, 0.3) is 0 Å². The molecule has 1 saturated heterocycles. The van der Waals surface area contributed by atoms with Gasteiger partial charge in [-0.1, -0.05) is 13.8 Å². The molecule has 4 saturated carbocycles. The summed E-state index contributed by atoms with van der Waals surface area (Å²) in [5.41, 5.74) is -0.607. The zero-order valence-corrected chi connectivity index (χ0v) is 22.7. The Kier molecular flexibility index (Phi) is 6.58. The molecule has 0 aromatic rings. The predicted molar refractivity (Wildman–Crippen MR) is 134 cm³/mol. The van der Waals surface area contributed by atoms with E-state index in [9.17, 15) is 30.3 Å². The monoisotopic (exact) mass is 536 g/mol. The van der Waals surface area contributed by atoms with E-state index in [1.54, 1.807) is 13.0 Å². The summed E-state index contributed by atoms with van der Waals surface area (Å²) in [7, 11) is 0. The van der Waals surface area contributed by atoms with E-state index in [4.69, 9.17) is 14.2 Å². The minimum Gasteiger partial charge on any atom is -0.458 e. The summed E-state index contributed by atoms with van der Waals surface area (Å²) >= 11 is 0. The SMILES string of the molecule is C[C@H]1O[C@@H](O[C@H]2CC[C@]3(C)C4C(O)C[C@]5(C)C(C6=CC(=O)OC6)CC[C@]5(O)[C@@H]4CC[C@@H]3C2)[C@H](O)[C@H](O)[C@@H]1O. The maximum Gasteiger partial charge on any atom is 0.331 e. The van der Waals surface area contributed by atoms with E-state index in [0.29, 0.717) is 18.8 Å². The van der Waals surface area contributed by atoms with E-state index < -0.39 is 47.8 Å². The fraction of sp³-hybridized carbons (Fsp3) is 0.897. The molecule has 3 unspecified atom stereocenters. The zero-order chi connectivity index (χ0) is 27.2. The number of carbonyl (C=O) groups excluding carboxylic acids is 1. The number of aliphatic hydroxyl groups excluding tert-OH is 4. The number of esters is 1. The first kappa shape index (κ1) is 27.1. The lowest BCUT2D eigenvalue weighted by Crippen LogP contribution is -2.66. The first-order valence-electron chi connectivity index (χ1n) is 14.5. The molecule has 14 atom stereocenters. The molecule has 38 heavy (non-hydrogen) atoms. The number of hydrogen-bond donors (Lipinski definition) is 5. The van der Waals surface area contributed by atoms with Crippen molar-refractivity contribution >= 4 is 5.97 Å². The van der Waals surface area contributed by atoms with Crippen molar-refractivity contribution in [1.29, 1.82) is 0 Å². The Morgan fingerprint density at radius 3 is 2.47 bits per heavy atom. The molecular weight excluding hydrogens is 492 g/mol. The van der Waals surface area contributed by atoms with Gasteiger partial charge in [0.05, 0.1) is 23.9 Å². The van der Waals surface area contributed by atoms with Crippen LogP contribution in [-0.4, -0.2) is 86.6 Å². The molecule has 9 nitrogen and oxygen atoms in total. The van der Waals surface area contributed by atoms with Gasteiger partial charge in [-0.2, -0.15) is 0 Å². The highest BCUT2D eigenvalue weighted by Gasteiger charge is 2.70. The van der Waals surface area contributed by atoms with Crippen LogP contribution in [0.3, 0.4) is 0 Å². The van der Waals surface area contributed by atoms with E-state index in [0.717, 1.165) is 44.1 Å². The molecule has 4 aliphatic carbocycles. The number of aliphatic hydroxyl groups is 5. The van der Waals surface area contributed by atoms with Gasteiger partial charge in [0.2, 0.25) is 0 Å². The third-order valence-corrected chi connectivity index (χ3v) is 12.0. The van der Waals surface area contributed by atoms with E-state index in [1.807, 2.05) is 0 Å². The van der Waals surface area contributed by atoms with Crippen molar-refractivity contribution in [2.75, 3.05) is 6.61 Å². The summed E-state index contributed by atoms with van der Waals surface area (Å²) in [4.78, 5) is 11.8. The summed E-state index contributed by atoms with van der Waals surface area (Å²) < 4.78 is 17.1. The zero-order valence-electron chi connectivity index (χ0n) is 22.7. The topological polar surface area (TPSA) is 146 Å². The standard InChI is InChI=1S/C29H44O9/c1-14-23(32)24(33)25(34)26(37-14)38-17-6-8-27(2)16(11-17)4-5-19-22(27)20(30)12-28(3)18(7-9-29(19,28)35)15-10-21(31)36-13-15/h10,14,16-20,22-26,30,32-35H,4-9,11-13H2,1-3H3/t14-,16-,17+,18?,19-,20?,22?,23-,24-,25-,26+,27+,28-,29+/m1/s1. The second-order valence-corrected chi connectivity index (χ2v) is 13.7. The van der Waals surface area contributed by atoms with Gasteiger partial charge >= 0.3 is 5.97 Å². The van der Waals surface area contributed by atoms with Crippen LogP contribution in [0.5, 0.6) is 0 Å². The Balaban J connectivity index is 1.19. The van der Waals surface area contributed by atoms with Gasteiger partial charge in [-0.25, -0.2) is 4.79 Å². The van der Waals surface area contributed by atoms with E-state index in [2.05, 4.69) is 13.8 Å². The Morgan fingerprint density at radius 1 is 1.00 bits per heavy atom. The summed E-state index contributed by atoms with van der Waals surface area (Å²) in [5, 5.41) is 54.7. The van der Waals surface area contributed by atoms with Gasteiger partial charge in [0.15, 0.2) is 6.29 Å². The average molecular weight is 537 g/mol. The molecule has 0 aromatic carbocycles. The van der Waals surface area contributed by atoms with Gasteiger partial charge in [0, 0.05) is 11.5 Å². The molecule has 5 N–H and O–H groups in total. The van der Waals surface area contributed by atoms with Gasteiger partial charge in [0.1, 0.15) is 24.9 Å². The second kappa shape index (κ2) is 9.23. The third-order valence-electron chi connectivity index (χ3n) is 12.0. The van der Waals surface area contributed by atoms with Crippen LogP contribution in [0.15, 0.2) is 11.6 Å². The summed E-state index contributed by atoms with van der Waals surface area (Å²) in [5.74, 6) is -0.0314. The van der Waals surface area contributed by atoms with Crippen molar-refractivity contribution < 1.29 is 44.5 Å². The number of rotatable bonds is 3. The van der Waals surface area contributed by atoms with E-state index in [1.165, 1.54) is 0 Å². The highest BCUT2D eigenvalue weighted by molar-refractivity contribution is 5.85. The van der Waals surface area contributed by atoms with Crippen LogP contribution in [0, 0.1) is 34.5 Å². The molecule has 0 bridgehead atoms. The van der Waals surface area contributed by atoms with E-state index >= 15 is 0 Å². The maximum absolute atomic E-state index is 12.4. The molecule has 2 aliphatic heterocycles. The number of ether oxygens (including phenoxy) is 3. The van der Waals surface area contributed by atoms with Crippen LogP contribution in [0.25, 0.3) is 0 Å².